The van der Waals surface area contributed by atoms with Crippen molar-refractivity contribution in [3.05, 3.63) is 140 Å². The fourth-order valence-electron chi connectivity index (χ4n) is 6.85. The molecule has 4 aromatic heterocycles. The predicted octanol–water partition coefficient (Wildman–Crippen LogP) is 11.6. The largest absolute Gasteiger partial charge is 0.309 e. The molecule has 0 unspecified atom stereocenters. The highest BCUT2D eigenvalue weighted by Crippen LogP contribution is 2.44. The number of nitrogens with zero attached hydrogens (tertiary/aromatic N) is 3. The zero-order chi connectivity index (χ0) is 29.5. The third-order valence-electron chi connectivity index (χ3n) is 8.83. The van der Waals surface area contributed by atoms with Crippen molar-refractivity contribution in [2.75, 3.05) is 0 Å². The Morgan fingerprint density at radius 1 is 0.467 bits per heavy atom. The summed E-state index contributed by atoms with van der Waals surface area (Å²) in [6, 6.07) is 49.8. The summed E-state index contributed by atoms with van der Waals surface area (Å²) in [6.45, 7) is 0. The minimum atomic E-state index is 0.749. The van der Waals surface area contributed by atoms with Crippen LogP contribution in [-0.2, 0) is 0 Å². The van der Waals surface area contributed by atoms with Gasteiger partial charge >= 0.3 is 0 Å². The van der Waals surface area contributed by atoms with Crippen molar-refractivity contribution >= 4 is 85.0 Å². The summed E-state index contributed by atoms with van der Waals surface area (Å²) in [5.74, 6) is 0.749. The van der Waals surface area contributed by atoms with E-state index < -0.39 is 0 Å². The second-order valence-electron chi connectivity index (χ2n) is 11.4. The lowest BCUT2D eigenvalue weighted by molar-refractivity contribution is 1.18. The van der Waals surface area contributed by atoms with E-state index in [2.05, 4.69) is 126 Å². The number of rotatable bonds is 3. The maximum atomic E-state index is 5.26. The Bertz CT molecular complexity index is 2770. The molecule has 45 heavy (non-hydrogen) atoms. The first-order valence-corrected chi connectivity index (χ1v) is 16.6. The number of fused-ring (bicyclic) bond motifs is 10. The molecule has 0 atom stereocenters. The van der Waals surface area contributed by atoms with Crippen molar-refractivity contribution < 1.29 is 0 Å². The molecule has 0 saturated carbocycles. The van der Waals surface area contributed by atoms with Crippen LogP contribution in [0.5, 0.6) is 0 Å². The molecule has 0 aliphatic carbocycles. The van der Waals surface area contributed by atoms with Crippen LogP contribution in [0.25, 0.3) is 90.6 Å². The molecule has 0 radical (unpaired) electrons. The van der Waals surface area contributed by atoms with Gasteiger partial charge in [-0.3, -0.25) is 0 Å². The molecule has 10 aromatic rings. The molecular weight excluding hydrogens is 587 g/mol. The molecule has 0 aliphatic heterocycles. The van der Waals surface area contributed by atoms with Crippen molar-refractivity contribution in [1.82, 2.24) is 14.5 Å². The van der Waals surface area contributed by atoms with Crippen molar-refractivity contribution in [3.8, 4) is 28.3 Å². The molecule has 0 saturated heterocycles. The van der Waals surface area contributed by atoms with Gasteiger partial charge in [-0.05, 0) is 36.4 Å². The van der Waals surface area contributed by atoms with E-state index in [4.69, 9.17) is 9.97 Å². The van der Waals surface area contributed by atoms with Crippen LogP contribution in [0.3, 0.4) is 0 Å². The average molecular weight is 610 g/mol. The minimum absolute atomic E-state index is 0.749. The van der Waals surface area contributed by atoms with E-state index in [0.717, 1.165) is 38.5 Å². The Morgan fingerprint density at radius 2 is 1.18 bits per heavy atom. The molecule has 0 amide bonds. The highest BCUT2D eigenvalue weighted by molar-refractivity contribution is 7.27. The van der Waals surface area contributed by atoms with E-state index in [1.165, 1.54) is 52.1 Å². The number of hydrogen-bond donors (Lipinski definition) is 0. The summed E-state index contributed by atoms with van der Waals surface area (Å²) in [5, 5.41) is 7.54. The van der Waals surface area contributed by atoms with Gasteiger partial charge in [-0.2, -0.15) is 0 Å². The Morgan fingerprint density at radius 3 is 2.04 bits per heavy atom. The molecule has 10 rings (SSSR count). The van der Waals surface area contributed by atoms with Crippen LogP contribution in [0, 0.1) is 0 Å². The number of hydrogen-bond acceptors (Lipinski definition) is 4. The first kappa shape index (κ1) is 25.0. The fourth-order valence-corrected chi connectivity index (χ4v) is 9.19. The van der Waals surface area contributed by atoms with Crippen LogP contribution in [0.15, 0.2) is 140 Å². The Labute approximate surface area is 266 Å². The second kappa shape index (κ2) is 9.57. The van der Waals surface area contributed by atoms with Crippen molar-refractivity contribution in [3.63, 3.8) is 0 Å². The molecular formula is C40H23N3S2. The fraction of sp³-hybridized carbons (Fsp3) is 0. The molecule has 0 spiro atoms. The third-order valence-corrected chi connectivity index (χ3v) is 11.1. The van der Waals surface area contributed by atoms with Gasteiger partial charge in [0.2, 0.25) is 0 Å². The van der Waals surface area contributed by atoms with Crippen LogP contribution in [0.1, 0.15) is 0 Å². The molecule has 4 heterocycles. The third kappa shape index (κ3) is 3.69. The van der Waals surface area contributed by atoms with Gasteiger partial charge in [0.25, 0.3) is 0 Å². The molecule has 0 aliphatic rings. The van der Waals surface area contributed by atoms with Crippen LogP contribution in [0.2, 0.25) is 0 Å². The van der Waals surface area contributed by atoms with E-state index >= 15 is 0 Å². The molecule has 3 nitrogen and oxygen atoms in total. The highest BCUT2D eigenvalue weighted by Gasteiger charge is 2.20. The highest BCUT2D eigenvalue weighted by atomic mass is 32.1. The SMILES string of the molecule is c1ccc(-c2nc(-c3cccc(-n4c5ccccc5c5c6sc7ccccc7c6ccc54)c3)c3c(n2)sc2ccccc23)cc1. The van der Waals surface area contributed by atoms with Gasteiger partial charge in [0.15, 0.2) is 5.82 Å². The van der Waals surface area contributed by atoms with Gasteiger partial charge in [0, 0.05) is 63.2 Å². The standard InChI is InChI=1S/C40H23N3S2/c1-2-11-24(12-3-1)39-41-37(36-30-17-6-9-20-34(30)45-40(36)42-39)25-13-10-14-26(23-25)43-31-18-7-4-16-29(31)35-32(43)22-21-28-27-15-5-8-19-33(27)44-38(28)35/h1-23H. The van der Waals surface area contributed by atoms with Crippen LogP contribution < -0.4 is 0 Å². The summed E-state index contributed by atoms with van der Waals surface area (Å²) >= 11 is 3.62. The van der Waals surface area contributed by atoms with E-state index in [-0.39, 0.29) is 0 Å². The molecule has 0 N–H and O–H groups in total. The maximum Gasteiger partial charge on any atom is 0.161 e. The van der Waals surface area contributed by atoms with E-state index in [1.54, 1.807) is 11.3 Å². The number of aromatic nitrogens is 3. The number of para-hydroxylation sites is 1. The van der Waals surface area contributed by atoms with E-state index in [0.29, 0.717) is 0 Å². The molecule has 210 valence electrons. The van der Waals surface area contributed by atoms with Crippen LogP contribution in [-0.4, -0.2) is 14.5 Å². The monoisotopic (exact) mass is 609 g/mol. The summed E-state index contributed by atoms with van der Waals surface area (Å²) in [6.07, 6.45) is 0. The van der Waals surface area contributed by atoms with Gasteiger partial charge in [-0.25, -0.2) is 9.97 Å². The van der Waals surface area contributed by atoms with E-state index in [1.807, 2.05) is 29.5 Å². The van der Waals surface area contributed by atoms with Gasteiger partial charge in [-0.15, -0.1) is 22.7 Å². The lowest BCUT2D eigenvalue weighted by Crippen LogP contribution is -1.96. The summed E-state index contributed by atoms with van der Waals surface area (Å²) in [7, 11) is 0. The van der Waals surface area contributed by atoms with Crippen molar-refractivity contribution in [1.29, 1.82) is 0 Å². The second-order valence-corrected chi connectivity index (χ2v) is 13.5. The van der Waals surface area contributed by atoms with E-state index in [9.17, 15) is 0 Å². The average Bonchev–Trinajstić information content (AvgIpc) is 3.77. The Kier molecular flexibility index (Phi) is 5.32. The predicted molar refractivity (Wildman–Crippen MR) is 193 cm³/mol. The molecule has 5 heteroatoms. The number of benzene rings is 6. The Hall–Kier alpha value is -5.36. The minimum Gasteiger partial charge on any atom is -0.309 e. The molecule has 6 aromatic carbocycles. The number of thiophene rings is 2. The molecule has 0 bridgehead atoms. The van der Waals surface area contributed by atoms with Gasteiger partial charge in [-0.1, -0.05) is 103 Å². The first-order valence-electron chi connectivity index (χ1n) is 15.0. The maximum absolute atomic E-state index is 5.26. The van der Waals surface area contributed by atoms with Crippen LogP contribution >= 0.6 is 22.7 Å². The summed E-state index contributed by atoms with van der Waals surface area (Å²) < 4.78 is 6.30. The van der Waals surface area contributed by atoms with Gasteiger partial charge < -0.3 is 4.57 Å². The lowest BCUT2D eigenvalue weighted by atomic mass is 10.0. The zero-order valence-electron chi connectivity index (χ0n) is 23.9. The first-order chi connectivity index (χ1) is 22.3. The lowest BCUT2D eigenvalue weighted by Gasteiger charge is -2.12. The Balaban J connectivity index is 1.26. The topological polar surface area (TPSA) is 30.7 Å². The smallest absolute Gasteiger partial charge is 0.161 e. The summed E-state index contributed by atoms with van der Waals surface area (Å²) in [4.78, 5) is 11.3. The van der Waals surface area contributed by atoms with Gasteiger partial charge in [0.05, 0.1) is 16.7 Å². The zero-order valence-corrected chi connectivity index (χ0v) is 25.6. The van der Waals surface area contributed by atoms with Crippen molar-refractivity contribution in [2.24, 2.45) is 0 Å². The normalized spacial score (nSPS) is 12.0. The summed E-state index contributed by atoms with van der Waals surface area (Å²) in [5.41, 5.74) is 6.59. The molecule has 0 fully saturated rings. The quantitative estimate of drug-likeness (QED) is 0.199. The van der Waals surface area contributed by atoms with Crippen LogP contribution in [0.4, 0.5) is 0 Å². The van der Waals surface area contributed by atoms with Gasteiger partial charge in [0.1, 0.15) is 4.83 Å². The van der Waals surface area contributed by atoms with Crippen molar-refractivity contribution in [2.45, 2.75) is 0 Å².